The van der Waals surface area contributed by atoms with Gasteiger partial charge >= 0.3 is 0 Å². The summed E-state index contributed by atoms with van der Waals surface area (Å²) in [5.41, 5.74) is 5.86. The summed E-state index contributed by atoms with van der Waals surface area (Å²) in [7, 11) is 0. The van der Waals surface area contributed by atoms with Crippen molar-refractivity contribution in [1.82, 2.24) is 5.32 Å². The van der Waals surface area contributed by atoms with Crippen molar-refractivity contribution in [3.05, 3.63) is 36.0 Å². The van der Waals surface area contributed by atoms with E-state index in [1.807, 2.05) is 0 Å². The van der Waals surface area contributed by atoms with Crippen LogP contribution in [-0.4, -0.2) is 19.7 Å². The maximum absolute atomic E-state index is 13.5. The second kappa shape index (κ2) is 7.12. The minimum atomic E-state index is -0.505. The maximum atomic E-state index is 13.5. The van der Waals surface area contributed by atoms with Gasteiger partial charge in [0, 0.05) is 11.8 Å². The molecule has 0 aromatic rings. The van der Waals surface area contributed by atoms with Crippen molar-refractivity contribution < 1.29 is 9.13 Å². The number of nitrogens with one attached hydrogen (secondary N) is 1. The Bertz CT molecular complexity index is 317. The van der Waals surface area contributed by atoms with Crippen LogP contribution in [0.4, 0.5) is 4.39 Å². The highest BCUT2D eigenvalue weighted by Crippen LogP contribution is 2.17. The molecule has 0 aliphatic carbocycles. The van der Waals surface area contributed by atoms with Gasteiger partial charge in [-0.2, -0.15) is 0 Å². The van der Waals surface area contributed by atoms with E-state index in [9.17, 15) is 4.39 Å². The molecule has 1 rings (SSSR count). The van der Waals surface area contributed by atoms with E-state index in [-0.39, 0.29) is 5.76 Å². The zero-order valence-electron chi connectivity index (χ0n) is 10.3. The molecule has 0 spiro atoms. The van der Waals surface area contributed by atoms with Gasteiger partial charge in [-0.05, 0) is 38.8 Å². The van der Waals surface area contributed by atoms with Gasteiger partial charge in [0.1, 0.15) is 5.76 Å². The molecule has 0 amide bonds. The van der Waals surface area contributed by atoms with E-state index in [0.29, 0.717) is 18.2 Å². The summed E-state index contributed by atoms with van der Waals surface area (Å²) < 4.78 is 18.8. The molecule has 4 heteroatoms. The SMILES string of the molecule is C=C(OCC1CCNCC1)/C(F)=C\C(N)=C/C. The summed E-state index contributed by atoms with van der Waals surface area (Å²) in [5, 5.41) is 3.27. The number of piperidine rings is 1. The monoisotopic (exact) mass is 240 g/mol. The van der Waals surface area contributed by atoms with Crippen molar-refractivity contribution in [3.63, 3.8) is 0 Å². The van der Waals surface area contributed by atoms with Gasteiger partial charge in [0.15, 0.2) is 5.83 Å². The zero-order chi connectivity index (χ0) is 12.7. The highest BCUT2D eigenvalue weighted by Gasteiger charge is 2.14. The minimum Gasteiger partial charge on any atom is -0.491 e. The molecule has 1 aliphatic rings. The van der Waals surface area contributed by atoms with Crippen LogP contribution in [0, 0.1) is 5.92 Å². The van der Waals surface area contributed by atoms with Crippen LogP contribution in [0.5, 0.6) is 0 Å². The van der Waals surface area contributed by atoms with Crippen LogP contribution in [0.3, 0.4) is 0 Å². The first-order valence-corrected chi connectivity index (χ1v) is 5.95. The Morgan fingerprint density at radius 1 is 1.53 bits per heavy atom. The molecule has 3 N–H and O–H groups in total. The Hall–Kier alpha value is -1.29. The minimum absolute atomic E-state index is 0.0633. The van der Waals surface area contributed by atoms with Crippen molar-refractivity contribution in [1.29, 1.82) is 0 Å². The lowest BCUT2D eigenvalue weighted by atomic mass is 9.99. The van der Waals surface area contributed by atoms with Gasteiger partial charge < -0.3 is 15.8 Å². The van der Waals surface area contributed by atoms with Gasteiger partial charge in [-0.15, -0.1) is 0 Å². The van der Waals surface area contributed by atoms with Gasteiger partial charge in [-0.25, -0.2) is 4.39 Å². The van der Waals surface area contributed by atoms with Crippen LogP contribution in [0.25, 0.3) is 0 Å². The molecule has 0 atom stereocenters. The second-order valence-corrected chi connectivity index (χ2v) is 4.21. The summed E-state index contributed by atoms with van der Waals surface area (Å²) in [6, 6.07) is 0. The predicted molar refractivity (Wildman–Crippen MR) is 67.8 cm³/mol. The third kappa shape index (κ3) is 5.04. The molecule has 96 valence electrons. The number of ether oxygens (including phenoxy) is 1. The fourth-order valence-electron chi connectivity index (χ4n) is 1.65. The highest BCUT2D eigenvalue weighted by atomic mass is 19.1. The summed E-state index contributed by atoms with van der Waals surface area (Å²) in [6.45, 7) is 7.84. The van der Waals surface area contributed by atoms with Gasteiger partial charge in [0.05, 0.1) is 6.61 Å². The fraction of sp³-hybridized carbons (Fsp3) is 0.538. The van der Waals surface area contributed by atoms with E-state index >= 15 is 0 Å². The van der Waals surface area contributed by atoms with Crippen molar-refractivity contribution in [2.75, 3.05) is 19.7 Å². The van der Waals surface area contributed by atoms with E-state index in [2.05, 4.69) is 11.9 Å². The van der Waals surface area contributed by atoms with Crippen LogP contribution in [0.2, 0.25) is 0 Å². The number of allylic oxidation sites excluding steroid dienone is 3. The summed E-state index contributed by atoms with van der Waals surface area (Å²) in [5.74, 6) is 0.0442. The molecule has 0 aromatic carbocycles. The zero-order valence-corrected chi connectivity index (χ0v) is 10.3. The maximum Gasteiger partial charge on any atom is 0.166 e. The number of hydrogen-bond acceptors (Lipinski definition) is 3. The summed E-state index contributed by atoms with van der Waals surface area (Å²) >= 11 is 0. The van der Waals surface area contributed by atoms with E-state index in [4.69, 9.17) is 10.5 Å². The van der Waals surface area contributed by atoms with Crippen molar-refractivity contribution in [3.8, 4) is 0 Å². The fourth-order valence-corrected chi connectivity index (χ4v) is 1.65. The summed E-state index contributed by atoms with van der Waals surface area (Å²) in [4.78, 5) is 0. The van der Waals surface area contributed by atoms with Gasteiger partial charge in [0.2, 0.25) is 0 Å². The van der Waals surface area contributed by atoms with Gasteiger partial charge in [-0.3, -0.25) is 0 Å². The van der Waals surface area contributed by atoms with E-state index < -0.39 is 5.83 Å². The second-order valence-electron chi connectivity index (χ2n) is 4.21. The largest absolute Gasteiger partial charge is 0.491 e. The number of nitrogens with two attached hydrogens (primary N) is 1. The van der Waals surface area contributed by atoms with Crippen molar-refractivity contribution in [2.45, 2.75) is 19.8 Å². The van der Waals surface area contributed by atoms with Crippen LogP contribution in [-0.2, 0) is 4.74 Å². The quantitative estimate of drug-likeness (QED) is 0.572. The Labute approximate surface area is 102 Å². The molecular formula is C13H21FN2O. The standard InChI is InChI=1S/C13H21FN2O/c1-3-12(15)8-13(14)10(2)17-9-11-4-6-16-7-5-11/h3,8,11,16H,2,4-7,9,15H2,1H3/b12-3+,13-8+. The molecule has 3 nitrogen and oxygen atoms in total. The predicted octanol–water partition coefficient (Wildman–Crippen LogP) is 2.23. The van der Waals surface area contributed by atoms with Crippen LogP contribution in [0.15, 0.2) is 36.0 Å². The van der Waals surface area contributed by atoms with Crippen LogP contribution < -0.4 is 11.1 Å². The average Bonchev–Trinajstić information content (AvgIpc) is 2.36. The van der Waals surface area contributed by atoms with Crippen molar-refractivity contribution in [2.24, 2.45) is 11.7 Å². The first kappa shape index (κ1) is 13.8. The first-order chi connectivity index (χ1) is 8.13. The van der Waals surface area contributed by atoms with Gasteiger partial charge in [0.25, 0.3) is 0 Å². The average molecular weight is 240 g/mol. The third-order valence-electron chi connectivity index (χ3n) is 2.85. The normalized spacial score (nSPS) is 19.2. The van der Waals surface area contributed by atoms with Crippen molar-refractivity contribution >= 4 is 0 Å². The van der Waals surface area contributed by atoms with E-state index in [1.54, 1.807) is 13.0 Å². The number of hydrogen-bond donors (Lipinski definition) is 2. The molecule has 1 heterocycles. The number of halogens is 1. The topological polar surface area (TPSA) is 47.3 Å². The molecule has 0 saturated carbocycles. The molecule has 1 aliphatic heterocycles. The lowest BCUT2D eigenvalue weighted by Gasteiger charge is -2.22. The molecule has 0 unspecified atom stereocenters. The lowest BCUT2D eigenvalue weighted by Crippen LogP contribution is -2.29. The molecule has 17 heavy (non-hydrogen) atoms. The Morgan fingerprint density at radius 2 is 2.18 bits per heavy atom. The molecule has 0 aromatic heterocycles. The Balaban J connectivity index is 2.35. The van der Waals surface area contributed by atoms with Crippen LogP contribution >= 0.6 is 0 Å². The number of rotatable bonds is 5. The molecule has 0 bridgehead atoms. The lowest BCUT2D eigenvalue weighted by molar-refractivity contribution is 0.146. The Morgan fingerprint density at radius 3 is 2.76 bits per heavy atom. The smallest absolute Gasteiger partial charge is 0.166 e. The Kier molecular flexibility index (Phi) is 5.77. The molecule has 1 saturated heterocycles. The highest BCUT2D eigenvalue weighted by molar-refractivity contribution is 5.26. The third-order valence-corrected chi connectivity index (χ3v) is 2.85. The van der Waals surface area contributed by atoms with Crippen LogP contribution in [0.1, 0.15) is 19.8 Å². The molecule has 0 radical (unpaired) electrons. The van der Waals surface area contributed by atoms with E-state index in [1.165, 1.54) is 6.08 Å². The molecular weight excluding hydrogens is 219 g/mol. The van der Waals surface area contributed by atoms with E-state index in [0.717, 1.165) is 25.9 Å². The summed E-state index contributed by atoms with van der Waals surface area (Å²) in [6.07, 6.45) is 4.98. The molecule has 1 fully saturated rings. The van der Waals surface area contributed by atoms with Gasteiger partial charge in [-0.1, -0.05) is 12.7 Å². The first-order valence-electron chi connectivity index (χ1n) is 5.95.